The molecule has 0 aromatic carbocycles. The topological polar surface area (TPSA) is 37.7 Å². The fraction of sp³-hybridized carbons (Fsp3) is 0.737. The average molecular weight is 333 g/mol. The number of amides is 1. The largest absolute Gasteiger partial charge is 0.379 e. The van der Waals surface area contributed by atoms with Crippen molar-refractivity contribution >= 4 is 5.91 Å². The highest BCUT2D eigenvalue weighted by atomic mass is 16.5. The van der Waals surface area contributed by atoms with Crippen LogP contribution in [0.4, 0.5) is 0 Å². The molecule has 24 heavy (non-hydrogen) atoms. The second-order valence-corrected chi connectivity index (χ2v) is 7.65. The molecule has 0 radical (unpaired) electrons. The van der Waals surface area contributed by atoms with E-state index in [0.29, 0.717) is 18.0 Å². The highest BCUT2D eigenvalue weighted by molar-refractivity contribution is 5.96. The van der Waals surface area contributed by atoms with Gasteiger partial charge in [0.1, 0.15) is 0 Å². The number of aromatic nitrogens is 1. The summed E-state index contributed by atoms with van der Waals surface area (Å²) in [5, 5.41) is 0. The quantitative estimate of drug-likeness (QED) is 0.853. The zero-order valence-corrected chi connectivity index (χ0v) is 15.7. The van der Waals surface area contributed by atoms with Crippen molar-refractivity contribution < 1.29 is 9.53 Å². The molecule has 2 atom stereocenters. The number of aryl methyl sites for hydroxylation is 1. The minimum absolute atomic E-state index is 0.192. The molecule has 0 N–H and O–H groups in total. The molecule has 2 aliphatic heterocycles. The lowest BCUT2D eigenvalue weighted by atomic mass is 10.0. The molecule has 2 aliphatic rings. The summed E-state index contributed by atoms with van der Waals surface area (Å²) in [4.78, 5) is 17.7. The molecule has 5 heteroatoms. The van der Waals surface area contributed by atoms with Gasteiger partial charge < -0.3 is 14.2 Å². The maximum Gasteiger partial charge on any atom is 0.255 e. The molecule has 0 saturated carbocycles. The molecular weight excluding hydrogens is 302 g/mol. The number of rotatable bonds is 3. The van der Waals surface area contributed by atoms with Crippen molar-refractivity contribution in [3.05, 3.63) is 23.0 Å². The predicted octanol–water partition coefficient (Wildman–Crippen LogP) is 2.48. The van der Waals surface area contributed by atoms with Gasteiger partial charge in [-0.2, -0.15) is 0 Å². The van der Waals surface area contributed by atoms with Gasteiger partial charge in [-0.15, -0.1) is 0 Å². The molecule has 1 amide bonds. The van der Waals surface area contributed by atoms with Crippen molar-refractivity contribution in [1.29, 1.82) is 0 Å². The van der Waals surface area contributed by atoms with E-state index in [1.807, 2.05) is 0 Å². The Hall–Kier alpha value is -1.33. The fourth-order valence-electron chi connectivity index (χ4n) is 4.46. The molecule has 3 rings (SSSR count). The highest BCUT2D eigenvalue weighted by Gasteiger charge is 2.37. The number of nitrogens with zero attached hydrogens (tertiary/aromatic N) is 3. The van der Waals surface area contributed by atoms with Gasteiger partial charge in [0.15, 0.2) is 0 Å². The van der Waals surface area contributed by atoms with Gasteiger partial charge in [-0.3, -0.25) is 9.69 Å². The molecule has 3 heterocycles. The summed E-state index contributed by atoms with van der Waals surface area (Å²) in [6.07, 6.45) is 0. The minimum Gasteiger partial charge on any atom is -0.379 e. The van der Waals surface area contributed by atoms with Crippen LogP contribution in [0.15, 0.2) is 6.07 Å². The molecule has 0 unspecified atom stereocenters. The lowest BCUT2D eigenvalue weighted by Crippen LogP contribution is -2.47. The first-order valence-corrected chi connectivity index (χ1v) is 9.19. The van der Waals surface area contributed by atoms with Crippen molar-refractivity contribution in [2.24, 2.45) is 5.92 Å². The van der Waals surface area contributed by atoms with E-state index < -0.39 is 0 Å². The Morgan fingerprint density at radius 3 is 2.46 bits per heavy atom. The summed E-state index contributed by atoms with van der Waals surface area (Å²) in [5.41, 5.74) is 3.13. The summed E-state index contributed by atoms with van der Waals surface area (Å²) in [7, 11) is 0. The van der Waals surface area contributed by atoms with Gasteiger partial charge in [0.05, 0.1) is 18.8 Å². The van der Waals surface area contributed by atoms with E-state index in [1.165, 1.54) is 5.69 Å². The lowest BCUT2D eigenvalue weighted by Gasteiger charge is -2.34. The molecule has 1 aromatic rings. The van der Waals surface area contributed by atoms with Crippen LogP contribution in [-0.2, 0) is 4.74 Å². The van der Waals surface area contributed by atoms with Crippen LogP contribution < -0.4 is 0 Å². The number of morpholine rings is 1. The second kappa shape index (κ2) is 6.89. The smallest absolute Gasteiger partial charge is 0.255 e. The maximum atomic E-state index is 13.1. The molecule has 2 saturated heterocycles. The SMILES string of the molecule is Cc1cc(C(=O)N2C[C@@H](C)[C@@H](N3CCOCC3)C2)c(C)n1C(C)C. The van der Waals surface area contributed by atoms with Crippen molar-refractivity contribution in [3.8, 4) is 0 Å². The van der Waals surface area contributed by atoms with Crippen LogP contribution in [-0.4, -0.2) is 65.7 Å². The van der Waals surface area contributed by atoms with Crippen molar-refractivity contribution in [1.82, 2.24) is 14.4 Å². The number of likely N-dealkylation sites (tertiary alicyclic amines) is 1. The standard InChI is InChI=1S/C19H31N3O2/c1-13(2)22-15(4)10-17(16(22)5)19(23)21-11-14(3)18(12-21)20-6-8-24-9-7-20/h10,13-14,18H,6-9,11-12H2,1-5H3/t14-,18+/m1/s1. The van der Waals surface area contributed by atoms with E-state index in [1.54, 1.807) is 0 Å². The number of hydrogen-bond acceptors (Lipinski definition) is 3. The van der Waals surface area contributed by atoms with Gasteiger partial charge in [-0.05, 0) is 39.7 Å². The van der Waals surface area contributed by atoms with E-state index in [4.69, 9.17) is 4.74 Å². The van der Waals surface area contributed by atoms with Gasteiger partial charge in [0.25, 0.3) is 5.91 Å². The van der Waals surface area contributed by atoms with Gasteiger partial charge >= 0.3 is 0 Å². The number of carbonyl (C=O) groups is 1. The van der Waals surface area contributed by atoms with Gasteiger partial charge in [0, 0.05) is 49.7 Å². The Balaban J connectivity index is 1.75. The first-order valence-electron chi connectivity index (χ1n) is 9.19. The van der Waals surface area contributed by atoms with Crippen LogP contribution in [0.25, 0.3) is 0 Å². The number of carbonyl (C=O) groups excluding carboxylic acids is 1. The Bertz CT molecular complexity index is 602. The predicted molar refractivity (Wildman–Crippen MR) is 95.5 cm³/mol. The maximum absolute atomic E-state index is 13.1. The van der Waals surface area contributed by atoms with Crippen molar-refractivity contribution in [3.63, 3.8) is 0 Å². The third-order valence-electron chi connectivity index (χ3n) is 5.61. The Kier molecular flexibility index (Phi) is 5.02. The van der Waals surface area contributed by atoms with Crippen LogP contribution in [0.1, 0.15) is 48.6 Å². The van der Waals surface area contributed by atoms with Crippen LogP contribution >= 0.6 is 0 Å². The Labute approximate surface area is 145 Å². The zero-order valence-electron chi connectivity index (χ0n) is 15.7. The summed E-state index contributed by atoms with van der Waals surface area (Å²) in [5.74, 6) is 0.707. The van der Waals surface area contributed by atoms with Gasteiger partial charge in [-0.25, -0.2) is 0 Å². The van der Waals surface area contributed by atoms with Gasteiger partial charge in [-0.1, -0.05) is 6.92 Å². The van der Waals surface area contributed by atoms with E-state index in [9.17, 15) is 4.79 Å². The van der Waals surface area contributed by atoms with Crippen LogP contribution in [0.2, 0.25) is 0 Å². The van der Waals surface area contributed by atoms with Crippen LogP contribution in [0.5, 0.6) is 0 Å². The molecule has 1 aromatic heterocycles. The zero-order chi connectivity index (χ0) is 17.4. The highest BCUT2D eigenvalue weighted by Crippen LogP contribution is 2.27. The Morgan fingerprint density at radius 1 is 1.21 bits per heavy atom. The average Bonchev–Trinajstić information content (AvgIpc) is 3.07. The summed E-state index contributed by atoms with van der Waals surface area (Å²) in [6.45, 7) is 16.0. The van der Waals surface area contributed by atoms with Gasteiger partial charge in [0.2, 0.25) is 0 Å². The third-order valence-corrected chi connectivity index (χ3v) is 5.61. The second-order valence-electron chi connectivity index (χ2n) is 7.65. The summed E-state index contributed by atoms with van der Waals surface area (Å²) in [6, 6.07) is 2.90. The van der Waals surface area contributed by atoms with E-state index in [-0.39, 0.29) is 5.91 Å². The fourth-order valence-corrected chi connectivity index (χ4v) is 4.46. The summed E-state index contributed by atoms with van der Waals surface area (Å²) < 4.78 is 7.72. The number of ether oxygens (including phenoxy) is 1. The number of hydrogen-bond donors (Lipinski definition) is 0. The van der Waals surface area contributed by atoms with E-state index >= 15 is 0 Å². The molecule has 2 fully saturated rings. The van der Waals surface area contributed by atoms with Crippen molar-refractivity contribution in [2.75, 3.05) is 39.4 Å². The third kappa shape index (κ3) is 3.11. The molecular formula is C19H31N3O2. The van der Waals surface area contributed by atoms with E-state index in [2.05, 4.69) is 55.1 Å². The Morgan fingerprint density at radius 2 is 1.88 bits per heavy atom. The molecule has 134 valence electrons. The first-order chi connectivity index (χ1) is 11.4. The van der Waals surface area contributed by atoms with Crippen molar-refractivity contribution in [2.45, 2.75) is 46.7 Å². The van der Waals surface area contributed by atoms with Crippen LogP contribution in [0, 0.1) is 19.8 Å². The van der Waals surface area contributed by atoms with Crippen LogP contribution in [0.3, 0.4) is 0 Å². The molecule has 5 nitrogen and oxygen atoms in total. The molecule has 0 bridgehead atoms. The minimum atomic E-state index is 0.192. The molecule has 0 spiro atoms. The molecule has 0 aliphatic carbocycles. The summed E-state index contributed by atoms with van der Waals surface area (Å²) >= 11 is 0. The normalized spacial score (nSPS) is 25.7. The first kappa shape index (κ1) is 17.5. The monoisotopic (exact) mass is 333 g/mol. The van der Waals surface area contributed by atoms with E-state index in [0.717, 1.165) is 50.7 Å². The lowest BCUT2D eigenvalue weighted by molar-refractivity contribution is 0.0119.